The third-order valence-corrected chi connectivity index (χ3v) is 10.5. The SMILES string of the molecule is [C-]#[N+]c1cc(-c2cccc(CO[Si](C)(C)C(C)(C)C)c2F)cnc1N1CC(=NOC)C1. The average Bonchev–Trinajstić information content (AvgIpc) is 2.68. The molecular formula is C23H29FN4O2Si. The second kappa shape index (κ2) is 8.77. The monoisotopic (exact) mass is 440 g/mol. The molecule has 3 rings (SSSR count). The fourth-order valence-electron chi connectivity index (χ4n) is 3.04. The van der Waals surface area contributed by atoms with E-state index in [9.17, 15) is 0 Å². The molecule has 1 aliphatic heterocycles. The van der Waals surface area contributed by atoms with Crippen molar-refractivity contribution in [1.82, 2.24) is 4.98 Å². The van der Waals surface area contributed by atoms with Gasteiger partial charge in [0.15, 0.2) is 8.32 Å². The van der Waals surface area contributed by atoms with Crippen LogP contribution in [0.4, 0.5) is 15.9 Å². The second-order valence-electron chi connectivity index (χ2n) is 9.20. The van der Waals surface area contributed by atoms with Crippen LogP contribution in [-0.2, 0) is 15.9 Å². The van der Waals surface area contributed by atoms with E-state index in [4.69, 9.17) is 15.8 Å². The van der Waals surface area contributed by atoms with E-state index in [0.717, 1.165) is 5.71 Å². The Morgan fingerprint density at radius 2 is 2.00 bits per heavy atom. The van der Waals surface area contributed by atoms with E-state index in [1.165, 1.54) is 7.11 Å². The Bertz CT molecular complexity index is 1030. The van der Waals surface area contributed by atoms with Crippen molar-refractivity contribution in [3.63, 3.8) is 0 Å². The van der Waals surface area contributed by atoms with Gasteiger partial charge in [-0.3, -0.25) is 4.98 Å². The van der Waals surface area contributed by atoms with Crippen LogP contribution in [0.25, 0.3) is 16.0 Å². The van der Waals surface area contributed by atoms with Gasteiger partial charge in [-0.1, -0.05) is 44.1 Å². The molecule has 0 unspecified atom stereocenters. The first-order valence-electron chi connectivity index (χ1n) is 10.2. The molecule has 6 nitrogen and oxygen atoms in total. The number of nitrogens with zero attached hydrogens (tertiary/aromatic N) is 4. The predicted octanol–water partition coefficient (Wildman–Crippen LogP) is 5.78. The third kappa shape index (κ3) is 4.78. The molecule has 0 saturated carbocycles. The summed E-state index contributed by atoms with van der Waals surface area (Å²) in [5, 5.41) is 3.96. The van der Waals surface area contributed by atoms with E-state index in [0.29, 0.717) is 41.3 Å². The minimum absolute atomic E-state index is 0.0516. The van der Waals surface area contributed by atoms with Crippen LogP contribution in [0.2, 0.25) is 18.1 Å². The molecule has 0 N–H and O–H groups in total. The molecule has 1 saturated heterocycles. The van der Waals surface area contributed by atoms with Crippen molar-refractivity contribution in [3.05, 3.63) is 53.3 Å². The first-order chi connectivity index (χ1) is 14.6. The fourth-order valence-corrected chi connectivity index (χ4v) is 3.99. The molecule has 2 aromatic rings. The highest BCUT2D eigenvalue weighted by Gasteiger charge is 2.37. The first-order valence-corrected chi connectivity index (χ1v) is 13.1. The van der Waals surface area contributed by atoms with E-state index >= 15 is 4.39 Å². The van der Waals surface area contributed by atoms with Gasteiger partial charge in [-0.05, 0) is 29.8 Å². The lowest BCUT2D eigenvalue weighted by Crippen LogP contribution is -2.48. The highest BCUT2D eigenvalue weighted by Crippen LogP contribution is 2.38. The van der Waals surface area contributed by atoms with E-state index in [2.05, 4.69) is 48.8 Å². The van der Waals surface area contributed by atoms with Crippen molar-refractivity contribution >= 4 is 25.5 Å². The van der Waals surface area contributed by atoms with Gasteiger partial charge in [-0.25, -0.2) is 9.24 Å². The average molecular weight is 441 g/mol. The molecule has 0 bridgehead atoms. The number of pyridine rings is 1. The van der Waals surface area contributed by atoms with Gasteiger partial charge in [-0.15, -0.1) is 0 Å². The summed E-state index contributed by atoms with van der Waals surface area (Å²) >= 11 is 0. The van der Waals surface area contributed by atoms with Gasteiger partial charge in [0.05, 0.1) is 32.0 Å². The normalized spacial score (nSPS) is 14.1. The van der Waals surface area contributed by atoms with E-state index in [-0.39, 0.29) is 17.5 Å². The minimum Gasteiger partial charge on any atom is -0.412 e. The summed E-state index contributed by atoms with van der Waals surface area (Å²) in [6.07, 6.45) is 1.62. The summed E-state index contributed by atoms with van der Waals surface area (Å²) in [7, 11) is -0.487. The van der Waals surface area contributed by atoms with Crippen LogP contribution >= 0.6 is 0 Å². The van der Waals surface area contributed by atoms with Crippen molar-refractivity contribution in [2.45, 2.75) is 45.5 Å². The Balaban J connectivity index is 1.84. The van der Waals surface area contributed by atoms with Crippen molar-refractivity contribution < 1.29 is 13.7 Å². The summed E-state index contributed by atoms with van der Waals surface area (Å²) in [4.78, 5) is 14.8. The van der Waals surface area contributed by atoms with Gasteiger partial charge >= 0.3 is 0 Å². The van der Waals surface area contributed by atoms with Gasteiger partial charge in [0.2, 0.25) is 5.69 Å². The molecule has 0 aliphatic carbocycles. The molecule has 1 aromatic heterocycles. The molecule has 31 heavy (non-hydrogen) atoms. The Labute approximate surface area is 184 Å². The Kier molecular flexibility index (Phi) is 6.48. The minimum atomic E-state index is -1.99. The maximum Gasteiger partial charge on any atom is 0.229 e. The summed E-state index contributed by atoms with van der Waals surface area (Å²) in [6.45, 7) is 19.7. The number of anilines is 1. The highest BCUT2D eigenvalue weighted by atomic mass is 28.4. The Morgan fingerprint density at radius 3 is 2.61 bits per heavy atom. The molecule has 0 amide bonds. The quantitative estimate of drug-likeness (QED) is 0.324. The molecule has 2 heterocycles. The Morgan fingerprint density at radius 1 is 1.29 bits per heavy atom. The van der Waals surface area contributed by atoms with Gasteiger partial charge in [0, 0.05) is 17.3 Å². The summed E-state index contributed by atoms with van der Waals surface area (Å²) in [5.74, 6) is 0.247. The molecule has 164 valence electrons. The zero-order chi connectivity index (χ0) is 22.8. The lowest BCUT2D eigenvalue weighted by molar-refractivity contribution is 0.211. The van der Waals surface area contributed by atoms with Crippen LogP contribution < -0.4 is 4.90 Å². The number of rotatable bonds is 6. The fraction of sp³-hybridized carbons (Fsp3) is 0.435. The van der Waals surface area contributed by atoms with Gasteiger partial charge in [0.25, 0.3) is 0 Å². The molecule has 0 spiro atoms. The number of oxime groups is 1. The van der Waals surface area contributed by atoms with Crippen molar-refractivity contribution in [3.8, 4) is 11.1 Å². The lowest BCUT2D eigenvalue weighted by atomic mass is 10.0. The number of halogens is 1. The van der Waals surface area contributed by atoms with Crippen LogP contribution in [0, 0.1) is 12.4 Å². The van der Waals surface area contributed by atoms with Crippen molar-refractivity contribution in [1.29, 1.82) is 0 Å². The standard InChI is InChI=1S/C23H29FN4O2Si/c1-23(2,3)31(6,7)30-15-16-9-8-10-19(21(16)24)17-11-20(25-4)22(26-12-17)28-13-18(14-28)27-29-5/h8-12H,13-15H2,1-3,5-7H3. The number of hydrogen-bond donors (Lipinski definition) is 0. The maximum absolute atomic E-state index is 15.3. The second-order valence-corrected chi connectivity index (χ2v) is 14.0. The smallest absolute Gasteiger partial charge is 0.229 e. The van der Waals surface area contributed by atoms with Crippen molar-refractivity contribution in [2.75, 3.05) is 25.1 Å². The van der Waals surface area contributed by atoms with Crippen molar-refractivity contribution in [2.24, 2.45) is 5.16 Å². The topological polar surface area (TPSA) is 51.3 Å². The molecule has 8 heteroatoms. The molecular weight excluding hydrogens is 411 g/mol. The highest BCUT2D eigenvalue weighted by molar-refractivity contribution is 6.74. The number of hydrogen-bond acceptors (Lipinski definition) is 5. The first kappa shape index (κ1) is 22.9. The molecule has 1 aliphatic rings. The van der Waals surface area contributed by atoms with Gasteiger partial charge in [-0.2, -0.15) is 0 Å². The van der Waals surface area contributed by atoms with Crippen LogP contribution in [0.1, 0.15) is 26.3 Å². The number of benzene rings is 1. The van der Waals surface area contributed by atoms with Gasteiger partial charge in [0.1, 0.15) is 18.7 Å². The van der Waals surface area contributed by atoms with Crippen LogP contribution in [0.3, 0.4) is 0 Å². The summed E-state index contributed by atoms with van der Waals surface area (Å²) in [5.41, 5.74) is 2.79. The molecule has 0 radical (unpaired) electrons. The number of aromatic nitrogens is 1. The van der Waals surface area contributed by atoms with E-state index in [1.807, 2.05) is 11.0 Å². The summed E-state index contributed by atoms with van der Waals surface area (Å²) in [6, 6.07) is 6.97. The Hall–Kier alpha value is -2.76. The molecule has 0 atom stereocenters. The van der Waals surface area contributed by atoms with Crippen LogP contribution in [-0.4, -0.2) is 39.2 Å². The lowest BCUT2D eigenvalue weighted by Gasteiger charge is -2.36. The predicted molar refractivity (Wildman–Crippen MR) is 125 cm³/mol. The van der Waals surface area contributed by atoms with Crippen LogP contribution in [0.15, 0.2) is 35.6 Å². The maximum atomic E-state index is 15.3. The molecule has 1 aromatic carbocycles. The van der Waals surface area contributed by atoms with E-state index in [1.54, 1.807) is 24.4 Å². The largest absolute Gasteiger partial charge is 0.412 e. The van der Waals surface area contributed by atoms with E-state index < -0.39 is 8.32 Å². The zero-order valence-electron chi connectivity index (χ0n) is 19.0. The van der Waals surface area contributed by atoms with Crippen LogP contribution in [0.5, 0.6) is 0 Å². The van der Waals surface area contributed by atoms with Gasteiger partial charge < -0.3 is 14.2 Å². The zero-order valence-corrected chi connectivity index (χ0v) is 20.0. The summed E-state index contributed by atoms with van der Waals surface area (Å²) < 4.78 is 21.5. The third-order valence-electron chi connectivity index (χ3n) is 6.02. The molecule has 1 fully saturated rings.